The van der Waals surface area contributed by atoms with Gasteiger partial charge in [0.15, 0.2) is 0 Å². The van der Waals surface area contributed by atoms with Crippen LogP contribution in [0.3, 0.4) is 0 Å². The van der Waals surface area contributed by atoms with Crippen LogP contribution < -0.4 is 5.32 Å². The number of hydrogen-bond acceptors (Lipinski definition) is 4. The molecule has 134 valence electrons. The van der Waals surface area contributed by atoms with Crippen LogP contribution in [-0.4, -0.2) is 25.0 Å². The number of esters is 1. The number of amides is 1. The number of nitrogens with one attached hydrogen (secondary N) is 1. The Hall–Kier alpha value is -3.65. The van der Waals surface area contributed by atoms with E-state index in [2.05, 4.69) is 11.4 Å². The van der Waals surface area contributed by atoms with E-state index in [1.807, 2.05) is 30.3 Å². The van der Waals surface area contributed by atoms with Gasteiger partial charge in [0.05, 0.1) is 18.7 Å². The highest BCUT2D eigenvalue weighted by molar-refractivity contribution is 6.08. The van der Waals surface area contributed by atoms with Crippen molar-refractivity contribution >= 4 is 22.6 Å². The molecule has 5 nitrogen and oxygen atoms in total. The van der Waals surface area contributed by atoms with Crippen molar-refractivity contribution in [3.05, 3.63) is 83.4 Å². The van der Waals surface area contributed by atoms with Gasteiger partial charge in [-0.05, 0) is 28.5 Å². The second kappa shape index (κ2) is 8.15. The van der Waals surface area contributed by atoms with E-state index in [0.717, 1.165) is 10.8 Å². The monoisotopic (exact) mass is 358 g/mol. The van der Waals surface area contributed by atoms with Gasteiger partial charge in [-0.1, -0.05) is 54.6 Å². The molecule has 0 aromatic heterocycles. The van der Waals surface area contributed by atoms with E-state index in [1.165, 1.54) is 7.11 Å². The number of ether oxygens (including phenoxy) is 1. The van der Waals surface area contributed by atoms with Gasteiger partial charge in [-0.15, -0.1) is 0 Å². The minimum atomic E-state index is -0.893. The smallest absolute Gasteiger partial charge is 0.328 e. The molecular formula is C22H18N2O3. The Balaban J connectivity index is 1.89. The van der Waals surface area contributed by atoms with Crippen molar-refractivity contribution in [2.24, 2.45) is 0 Å². The van der Waals surface area contributed by atoms with Crippen LogP contribution in [0.4, 0.5) is 0 Å². The van der Waals surface area contributed by atoms with Crippen molar-refractivity contribution in [2.45, 2.75) is 12.5 Å². The van der Waals surface area contributed by atoms with Crippen LogP contribution in [0, 0.1) is 11.3 Å². The second-order valence-corrected chi connectivity index (χ2v) is 6.05. The molecule has 3 rings (SSSR count). The van der Waals surface area contributed by atoms with E-state index in [1.54, 1.807) is 36.4 Å². The van der Waals surface area contributed by atoms with Crippen LogP contribution in [0.1, 0.15) is 21.5 Å². The van der Waals surface area contributed by atoms with Crippen LogP contribution in [0.2, 0.25) is 0 Å². The number of carbonyl (C=O) groups excluding carboxylic acids is 2. The van der Waals surface area contributed by atoms with Crippen molar-refractivity contribution < 1.29 is 14.3 Å². The Morgan fingerprint density at radius 1 is 1.04 bits per heavy atom. The van der Waals surface area contributed by atoms with Crippen molar-refractivity contribution in [2.75, 3.05) is 7.11 Å². The van der Waals surface area contributed by atoms with E-state index in [-0.39, 0.29) is 12.3 Å². The summed E-state index contributed by atoms with van der Waals surface area (Å²) in [5.74, 6) is -0.923. The van der Waals surface area contributed by atoms with Gasteiger partial charge in [-0.2, -0.15) is 5.26 Å². The lowest BCUT2D eigenvalue weighted by Crippen LogP contribution is -2.43. The summed E-state index contributed by atoms with van der Waals surface area (Å²) < 4.78 is 4.85. The van der Waals surface area contributed by atoms with Crippen molar-refractivity contribution in [3.8, 4) is 6.07 Å². The van der Waals surface area contributed by atoms with Gasteiger partial charge >= 0.3 is 5.97 Å². The highest BCUT2D eigenvalue weighted by Crippen LogP contribution is 2.19. The van der Waals surface area contributed by atoms with Gasteiger partial charge < -0.3 is 10.1 Å². The van der Waals surface area contributed by atoms with Gasteiger partial charge in [0, 0.05) is 12.0 Å². The molecule has 0 aliphatic carbocycles. The van der Waals surface area contributed by atoms with Crippen LogP contribution in [0.15, 0.2) is 66.7 Å². The van der Waals surface area contributed by atoms with Crippen LogP contribution in [0.25, 0.3) is 10.8 Å². The molecule has 0 saturated carbocycles. The van der Waals surface area contributed by atoms with E-state index >= 15 is 0 Å². The molecule has 27 heavy (non-hydrogen) atoms. The number of methoxy groups -OCH3 is 1. The summed E-state index contributed by atoms with van der Waals surface area (Å²) in [7, 11) is 1.27. The first-order valence-electron chi connectivity index (χ1n) is 8.48. The summed E-state index contributed by atoms with van der Waals surface area (Å²) in [5.41, 5.74) is 1.62. The standard InChI is InChI=1S/C22H18N2O3/c1-27-22(26)20(13-16-8-2-3-9-17(16)14-23)24-21(25)19-12-6-10-15-7-4-5-11-18(15)19/h2-12,20H,13H2,1H3,(H,24,25)/t20-/m1/s1. The zero-order valence-corrected chi connectivity index (χ0v) is 14.8. The molecule has 0 spiro atoms. The topological polar surface area (TPSA) is 79.2 Å². The minimum Gasteiger partial charge on any atom is -0.467 e. The number of rotatable bonds is 5. The van der Waals surface area contributed by atoms with Crippen LogP contribution in [-0.2, 0) is 16.0 Å². The number of nitriles is 1. The summed E-state index contributed by atoms with van der Waals surface area (Å²) >= 11 is 0. The fourth-order valence-electron chi connectivity index (χ4n) is 3.02. The zero-order chi connectivity index (χ0) is 19.2. The van der Waals surface area contributed by atoms with E-state index in [4.69, 9.17) is 4.74 Å². The molecule has 0 heterocycles. The van der Waals surface area contributed by atoms with Crippen LogP contribution >= 0.6 is 0 Å². The lowest BCUT2D eigenvalue weighted by atomic mass is 9.99. The lowest BCUT2D eigenvalue weighted by Gasteiger charge is -2.18. The molecule has 0 saturated heterocycles. The second-order valence-electron chi connectivity index (χ2n) is 6.05. The largest absolute Gasteiger partial charge is 0.467 e. The Morgan fingerprint density at radius 2 is 1.74 bits per heavy atom. The molecule has 1 amide bonds. The number of fused-ring (bicyclic) bond motifs is 1. The SMILES string of the molecule is COC(=O)[C@@H](Cc1ccccc1C#N)NC(=O)c1cccc2ccccc12. The molecule has 3 aromatic carbocycles. The van der Waals surface area contributed by atoms with E-state index < -0.39 is 12.0 Å². The van der Waals surface area contributed by atoms with Crippen molar-refractivity contribution in [1.82, 2.24) is 5.32 Å². The highest BCUT2D eigenvalue weighted by atomic mass is 16.5. The predicted molar refractivity (Wildman–Crippen MR) is 102 cm³/mol. The fourth-order valence-corrected chi connectivity index (χ4v) is 3.02. The Bertz CT molecular complexity index is 1030. The molecule has 0 bridgehead atoms. The summed E-state index contributed by atoms with van der Waals surface area (Å²) in [5, 5.41) is 13.7. The van der Waals surface area contributed by atoms with Gasteiger partial charge in [0.1, 0.15) is 6.04 Å². The molecule has 0 aliphatic heterocycles. The van der Waals surface area contributed by atoms with Crippen LogP contribution in [0.5, 0.6) is 0 Å². The number of carbonyl (C=O) groups is 2. The molecule has 0 unspecified atom stereocenters. The normalized spacial score (nSPS) is 11.4. The van der Waals surface area contributed by atoms with Gasteiger partial charge in [0.2, 0.25) is 0 Å². The Labute approximate surface area is 157 Å². The molecule has 3 aromatic rings. The first-order chi connectivity index (χ1) is 13.1. The first kappa shape index (κ1) is 18.2. The maximum atomic E-state index is 12.9. The van der Waals surface area contributed by atoms with E-state index in [0.29, 0.717) is 16.7 Å². The fraction of sp³-hybridized carbons (Fsp3) is 0.136. The third-order valence-corrected chi connectivity index (χ3v) is 4.39. The summed E-state index contributed by atoms with van der Waals surface area (Å²) in [4.78, 5) is 25.1. The molecule has 0 radical (unpaired) electrons. The summed E-state index contributed by atoms with van der Waals surface area (Å²) in [6, 6.07) is 21.2. The quantitative estimate of drug-likeness (QED) is 0.710. The molecule has 5 heteroatoms. The third-order valence-electron chi connectivity index (χ3n) is 4.39. The maximum Gasteiger partial charge on any atom is 0.328 e. The third kappa shape index (κ3) is 3.96. The maximum absolute atomic E-state index is 12.9. The number of nitrogens with zero attached hydrogens (tertiary/aromatic N) is 1. The Morgan fingerprint density at radius 3 is 2.52 bits per heavy atom. The Kier molecular flexibility index (Phi) is 5.48. The number of hydrogen-bond donors (Lipinski definition) is 1. The van der Waals surface area contributed by atoms with Gasteiger partial charge in [-0.3, -0.25) is 4.79 Å². The zero-order valence-electron chi connectivity index (χ0n) is 14.8. The molecule has 0 aliphatic rings. The summed E-state index contributed by atoms with van der Waals surface area (Å²) in [6.07, 6.45) is 0.174. The average molecular weight is 358 g/mol. The van der Waals surface area contributed by atoms with Gasteiger partial charge in [0.25, 0.3) is 5.91 Å². The molecule has 1 N–H and O–H groups in total. The first-order valence-corrected chi connectivity index (χ1v) is 8.48. The molecule has 0 fully saturated rings. The average Bonchev–Trinajstić information content (AvgIpc) is 2.72. The highest BCUT2D eigenvalue weighted by Gasteiger charge is 2.24. The number of benzene rings is 3. The van der Waals surface area contributed by atoms with Crippen molar-refractivity contribution in [3.63, 3.8) is 0 Å². The predicted octanol–water partition coefficient (Wildman–Crippen LogP) is 3.23. The van der Waals surface area contributed by atoms with Gasteiger partial charge in [-0.25, -0.2) is 4.79 Å². The lowest BCUT2D eigenvalue weighted by molar-refractivity contribution is -0.142. The van der Waals surface area contributed by atoms with Crippen molar-refractivity contribution in [1.29, 1.82) is 5.26 Å². The minimum absolute atomic E-state index is 0.174. The summed E-state index contributed by atoms with van der Waals surface area (Å²) in [6.45, 7) is 0. The van der Waals surface area contributed by atoms with E-state index in [9.17, 15) is 14.9 Å². The molecule has 1 atom stereocenters. The molecular weight excluding hydrogens is 340 g/mol.